The van der Waals surface area contributed by atoms with Crippen molar-refractivity contribution < 1.29 is 18.9 Å². The summed E-state index contributed by atoms with van der Waals surface area (Å²) in [6.45, 7) is 8.28. The van der Waals surface area contributed by atoms with Crippen LogP contribution in [0.2, 0.25) is 0 Å². The summed E-state index contributed by atoms with van der Waals surface area (Å²) in [5.41, 5.74) is 0. The summed E-state index contributed by atoms with van der Waals surface area (Å²) in [4.78, 5) is 2.72. The zero-order chi connectivity index (χ0) is 15.2. The molecule has 0 radical (unpaired) electrons. The highest BCUT2D eigenvalue weighted by Gasteiger charge is 1.96. The SMILES string of the molecule is COCCOCCOCCOCCNCc1ccc(C)s1. The molecule has 0 aromatic carbocycles. The largest absolute Gasteiger partial charge is 0.382 e. The molecule has 0 unspecified atom stereocenters. The molecule has 0 saturated carbocycles. The third-order valence-electron chi connectivity index (χ3n) is 2.69. The normalized spacial score (nSPS) is 11.1. The average Bonchev–Trinajstić information content (AvgIpc) is 2.89. The maximum atomic E-state index is 5.48. The van der Waals surface area contributed by atoms with E-state index in [1.54, 1.807) is 7.11 Å². The van der Waals surface area contributed by atoms with Crippen molar-refractivity contribution in [1.82, 2.24) is 5.32 Å². The van der Waals surface area contributed by atoms with Gasteiger partial charge in [-0.05, 0) is 19.1 Å². The van der Waals surface area contributed by atoms with Crippen LogP contribution in [0.1, 0.15) is 9.75 Å². The Morgan fingerprint density at radius 3 is 2.10 bits per heavy atom. The Balaban J connectivity index is 1.74. The number of nitrogens with one attached hydrogen (secondary N) is 1. The number of methoxy groups -OCH3 is 1. The number of aryl methyl sites for hydroxylation is 1. The van der Waals surface area contributed by atoms with E-state index in [-0.39, 0.29) is 0 Å². The molecule has 0 bridgehead atoms. The number of rotatable bonds is 14. The third kappa shape index (κ3) is 10.8. The molecule has 1 heterocycles. The third-order valence-corrected chi connectivity index (χ3v) is 3.69. The van der Waals surface area contributed by atoms with Crippen LogP contribution in [0.4, 0.5) is 0 Å². The van der Waals surface area contributed by atoms with Gasteiger partial charge in [-0.25, -0.2) is 0 Å². The molecule has 5 nitrogen and oxygen atoms in total. The van der Waals surface area contributed by atoms with Crippen LogP contribution in [-0.4, -0.2) is 59.9 Å². The molecule has 122 valence electrons. The molecule has 1 N–H and O–H groups in total. The Kier molecular flexibility index (Phi) is 11.6. The van der Waals surface area contributed by atoms with E-state index < -0.39 is 0 Å². The fourth-order valence-corrected chi connectivity index (χ4v) is 2.48. The van der Waals surface area contributed by atoms with Crippen LogP contribution in [-0.2, 0) is 25.5 Å². The van der Waals surface area contributed by atoms with Gasteiger partial charge >= 0.3 is 0 Å². The first kappa shape index (κ1) is 18.5. The number of hydrogen-bond acceptors (Lipinski definition) is 6. The Bertz CT molecular complexity index is 346. The van der Waals surface area contributed by atoms with E-state index in [0.29, 0.717) is 46.2 Å². The van der Waals surface area contributed by atoms with Crippen molar-refractivity contribution >= 4 is 11.3 Å². The predicted octanol–water partition coefficient (Wildman–Crippen LogP) is 1.84. The monoisotopic (exact) mass is 317 g/mol. The summed E-state index contributed by atoms with van der Waals surface area (Å²) in [7, 11) is 1.66. The van der Waals surface area contributed by atoms with Crippen molar-refractivity contribution in [3.8, 4) is 0 Å². The Labute approximate surface area is 131 Å². The molecular formula is C15H27NO4S. The minimum atomic E-state index is 0.600. The van der Waals surface area contributed by atoms with Crippen LogP contribution in [0.5, 0.6) is 0 Å². The van der Waals surface area contributed by atoms with E-state index in [2.05, 4.69) is 24.4 Å². The van der Waals surface area contributed by atoms with Crippen LogP contribution in [0.3, 0.4) is 0 Å². The van der Waals surface area contributed by atoms with Gasteiger partial charge in [0.05, 0.1) is 46.2 Å². The molecule has 0 saturated heterocycles. The lowest BCUT2D eigenvalue weighted by molar-refractivity contribution is 0.00409. The van der Waals surface area contributed by atoms with Crippen molar-refractivity contribution in [3.63, 3.8) is 0 Å². The molecule has 21 heavy (non-hydrogen) atoms. The summed E-state index contributed by atoms with van der Waals surface area (Å²) in [5, 5.41) is 3.36. The van der Waals surface area contributed by atoms with Crippen LogP contribution >= 0.6 is 11.3 Å². The molecule has 0 aliphatic heterocycles. The smallest absolute Gasteiger partial charge is 0.0701 e. The van der Waals surface area contributed by atoms with Crippen LogP contribution in [0, 0.1) is 6.92 Å². The predicted molar refractivity (Wildman–Crippen MR) is 85.1 cm³/mol. The maximum Gasteiger partial charge on any atom is 0.0701 e. The molecule has 1 rings (SSSR count). The molecule has 6 heteroatoms. The lowest BCUT2D eigenvalue weighted by atomic mass is 10.4. The number of thiophene rings is 1. The molecule has 0 aliphatic carbocycles. The zero-order valence-electron chi connectivity index (χ0n) is 13.1. The van der Waals surface area contributed by atoms with Gasteiger partial charge in [-0.1, -0.05) is 0 Å². The maximum absolute atomic E-state index is 5.48. The van der Waals surface area contributed by atoms with Gasteiger partial charge < -0.3 is 24.3 Å². The lowest BCUT2D eigenvalue weighted by Gasteiger charge is -2.07. The molecule has 0 amide bonds. The van der Waals surface area contributed by atoms with Gasteiger partial charge in [0.1, 0.15) is 0 Å². The zero-order valence-corrected chi connectivity index (χ0v) is 13.9. The molecule has 1 aromatic rings. The first-order chi connectivity index (χ1) is 10.3. The van der Waals surface area contributed by atoms with Crippen molar-refractivity contribution in [1.29, 1.82) is 0 Å². The summed E-state index contributed by atoms with van der Waals surface area (Å²) in [6, 6.07) is 4.31. The Morgan fingerprint density at radius 1 is 0.905 bits per heavy atom. The van der Waals surface area contributed by atoms with Crippen molar-refractivity contribution in [2.45, 2.75) is 13.5 Å². The highest BCUT2D eigenvalue weighted by molar-refractivity contribution is 7.11. The molecular weight excluding hydrogens is 290 g/mol. The van der Waals surface area contributed by atoms with Crippen LogP contribution in [0.25, 0.3) is 0 Å². The topological polar surface area (TPSA) is 49.0 Å². The van der Waals surface area contributed by atoms with Crippen LogP contribution in [0.15, 0.2) is 12.1 Å². The minimum absolute atomic E-state index is 0.600. The van der Waals surface area contributed by atoms with Gasteiger partial charge in [-0.3, -0.25) is 0 Å². The van der Waals surface area contributed by atoms with Gasteiger partial charge in [0.2, 0.25) is 0 Å². The standard InChI is InChI=1S/C15H27NO4S/c1-14-3-4-15(21-14)13-16-5-6-18-9-10-20-12-11-19-8-7-17-2/h3-4,16H,5-13H2,1-2H3. The van der Waals surface area contributed by atoms with E-state index in [4.69, 9.17) is 18.9 Å². The second-order valence-electron chi connectivity index (χ2n) is 4.52. The molecule has 0 spiro atoms. The molecule has 0 aliphatic rings. The van der Waals surface area contributed by atoms with E-state index in [1.807, 2.05) is 11.3 Å². The second kappa shape index (κ2) is 13.2. The van der Waals surface area contributed by atoms with Crippen LogP contribution < -0.4 is 5.32 Å². The molecule has 1 aromatic heterocycles. The molecule has 0 fully saturated rings. The van der Waals surface area contributed by atoms with Gasteiger partial charge in [0, 0.05) is 30.0 Å². The second-order valence-corrected chi connectivity index (χ2v) is 5.89. The van der Waals surface area contributed by atoms with E-state index in [1.165, 1.54) is 9.75 Å². The first-order valence-electron chi connectivity index (χ1n) is 7.31. The summed E-state index contributed by atoms with van der Waals surface area (Å²) >= 11 is 1.83. The highest BCUT2D eigenvalue weighted by atomic mass is 32.1. The number of hydrogen-bond donors (Lipinski definition) is 1. The quantitative estimate of drug-likeness (QED) is 0.531. The average molecular weight is 317 g/mol. The fraction of sp³-hybridized carbons (Fsp3) is 0.733. The Morgan fingerprint density at radius 2 is 1.52 bits per heavy atom. The van der Waals surface area contributed by atoms with Gasteiger partial charge in [-0.15, -0.1) is 11.3 Å². The summed E-state index contributed by atoms with van der Waals surface area (Å²) in [6.07, 6.45) is 0. The first-order valence-corrected chi connectivity index (χ1v) is 8.13. The minimum Gasteiger partial charge on any atom is -0.382 e. The molecule has 0 atom stereocenters. The summed E-state index contributed by atoms with van der Waals surface area (Å²) < 4.78 is 21.0. The van der Waals surface area contributed by atoms with Gasteiger partial charge in [0.15, 0.2) is 0 Å². The summed E-state index contributed by atoms with van der Waals surface area (Å²) in [5.74, 6) is 0. The lowest BCUT2D eigenvalue weighted by Crippen LogP contribution is -2.20. The Hall–Kier alpha value is -0.500. The van der Waals surface area contributed by atoms with E-state index >= 15 is 0 Å². The van der Waals surface area contributed by atoms with E-state index in [0.717, 1.165) is 13.1 Å². The van der Waals surface area contributed by atoms with Crippen molar-refractivity contribution in [3.05, 3.63) is 21.9 Å². The highest BCUT2D eigenvalue weighted by Crippen LogP contribution is 2.14. The van der Waals surface area contributed by atoms with Crippen molar-refractivity contribution in [2.75, 3.05) is 59.9 Å². The van der Waals surface area contributed by atoms with E-state index in [9.17, 15) is 0 Å². The van der Waals surface area contributed by atoms with Gasteiger partial charge in [-0.2, -0.15) is 0 Å². The van der Waals surface area contributed by atoms with Gasteiger partial charge in [0.25, 0.3) is 0 Å². The fourth-order valence-electron chi connectivity index (χ4n) is 1.62. The van der Waals surface area contributed by atoms with Crippen molar-refractivity contribution in [2.24, 2.45) is 0 Å². The number of ether oxygens (including phenoxy) is 4.